The Labute approximate surface area is 99.4 Å². The molecule has 1 heterocycles. The van der Waals surface area contributed by atoms with Crippen LogP contribution in [0.3, 0.4) is 0 Å². The van der Waals surface area contributed by atoms with Crippen LogP contribution in [0.25, 0.3) is 0 Å². The van der Waals surface area contributed by atoms with Gasteiger partial charge in [-0.2, -0.15) is 0 Å². The van der Waals surface area contributed by atoms with E-state index in [2.05, 4.69) is 55.6 Å². The Kier molecular flexibility index (Phi) is 3.38. The number of nitrogens with zero attached hydrogens (tertiary/aromatic N) is 1. The summed E-state index contributed by atoms with van der Waals surface area (Å²) in [5.74, 6) is 0. The summed E-state index contributed by atoms with van der Waals surface area (Å²) in [4.78, 5) is 2.49. The second-order valence-corrected chi connectivity index (χ2v) is 5.79. The van der Waals surface area contributed by atoms with Crippen molar-refractivity contribution in [3.8, 4) is 0 Å². The van der Waals surface area contributed by atoms with E-state index in [9.17, 15) is 0 Å². The van der Waals surface area contributed by atoms with Crippen molar-refractivity contribution < 1.29 is 0 Å². The van der Waals surface area contributed by atoms with Gasteiger partial charge in [-0.3, -0.25) is 0 Å². The summed E-state index contributed by atoms with van der Waals surface area (Å²) in [5.41, 5.74) is 1.63. The molecule has 0 aromatic rings. The molecule has 1 N–H and O–H groups in total. The zero-order valence-corrected chi connectivity index (χ0v) is 10.7. The molecule has 0 aromatic heterocycles. The second kappa shape index (κ2) is 4.62. The summed E-state index contributed by atoms with van der Waals surface area (Å²) in [6.07, 6.45) is 11.2. The van der Waals surface area contributed by atoms with E-state index in [4.69, 9.17) is 0 Å². The Hall–Kier alpha value is -0.760. The molecule has 1 aliphatic heterocycles. The first-order valence-electron chi connectivity index (χ1n) is 6.27. The van der Waals surface area contributed by atoms with Crippen molar-refractivity contribution >= 4 is 0 Å². The lowest BCUT2D eigenvalue weighted by Crippen LogP contribution is -2.44. The average Bonchev–Trinajstić information content (AvgIpc) is 2.65. The van der Waals surface area contributed by atoms with Gasteiger partial charge in [-0.15, -0.1) is 0 Å². The topological polar surface area (TPSA) is 15.3 Å². The number of allylic oxidation sites excluding steroid dienone is 3. The highest BCUT2D eigenvalue weighted by Gasteiger charge is 2.26. The lowest BCUT2D eigenvalue weighted by molar-refractivity contribution is 0.348. The van der Waals surface area contributed by atoms with Crippen molar-refractivity contribution in [2.75, 3.05) is 13.1 Å². The van der Waals surface area contributed by atoms with Gasteiger partial charge in [0.05, 0.1) is 0 Å². The van der Waals surface area contributed by atoms with Gasteiger partial charge in [0.15, 0.2) is 0 Å². The standard InChI is InChI=1S/C14H23N2/c1-14(2,3)15-12-9-10-16(11-12)13-7-5-4-6-8-13/h4-5,7-8,12,15H,6,9-11H2,1-3H3. The first-order valence-corrected chi connectivity index (χ1v) is 6.27. The van der Waals surface area contributed by atoms with Crippen LogP contribution in [0.15, 0.2) is 23.9 Å². The largest absolute Gasteiger partial charge is 0.370 e. The minimum Gasteiger partial charge on any atom is -0.370 e. The fraction of sp³-hybridized carbons (Fsp3) is 0.643. The maximum atomic E-state index is 3.69. The SMILES string of the molecule is CC(C)(C)NC1CCN(C2=CC[CH]C=C2)C1. The highest BCUT2D eigenvalue weighted by atomic mass is 15.2. The fourth-order valence-corrected chi connectivity index (χ4v) is 2.46. The molecular formula is C14H23N2. The van der Waals surface area contributed by atoms with Gasteiger partial charge in [-0.05, 0) is 46.1 Å². The number of likely N-dealkylation sites (tertiary alicyclic amines) is 1. The van der Waals surface area contributed by atoms with Crippen LogP contribution in [0.5, 0.6) is 0 Å². The third-order valence-electron chi connectivity index (χ3n) is 3.06. The number of nitrogens with one attached hydrogen (secondary N) is 1. The van der Waals surface area contributed by atoms with Crippen molar-refractivity contribution in [3.05, 3.63) is 30.3 Å². The molecule has 1 unspecified atom stereocenters. The molecule has 2 heteroatoms. The van der Waals surface area contributed by atoms with Crippen molar-refractivity contribution in [1.29, 1.82) is 0 Å². The minimum atomic E-state index is 0.227. The smallest absolute Gasteiger partial charge is 0.0332 e. The summed E-state index contributed by atoms with van der Waals surface area (Å²) in [5, 5.41) is 3.69. The van der Waals surface area contributed by atoms with Gasteiger partial charge in [0, 0.05) is 30.4 Å². The lowest BCUT2D eigenvalue weighted by Gasteiger charge is -2.27. The third-order valence-corrected chi connectivity index (χ3v) is 3.06. The molecule has 0 aromatic carbocycles. The van der Waals surface area contributed by atoms with Gasteiger partial charge < -0.3 is 10.2 Å². The van der Waals surface area contributed by atoms with Gasteiger partial charge in [-0.1, -0.05) is 12.2 Å². The Balaban J connectivity index is 1.88. The van der Waals surface area contributed by atoms with Crippen LogP contribution >= 0.6 is 0 Å². The van der Waals surface area contributed by atoms with Crippen molar-refractivity contribution in [1.82, 2.24) is 10.2 Å². The number of hydrogen-bond acceptors (Lipinski definition) is 2. The predicted molar refractivity (Wildman–Crippen MR) is 69.0 cm³/mol. The van der Waals surface area contributed by atoms with Crippen LogP contribution in [-0.2, 0) is 0 Å². The molecule has 0 bridgehead atoms. The summed E-state index contributed by atoms with van der Waals surface area (Å²) < 4.78 is 0. The molecule has 89 valence electrons. The lowest BCUT2D eigenvalue weighted by atomic mass is 10.1. The molecule has 1 aliphatic carbocycles. The quantitative estimate of drug-likeness (QED) is 0.767. The molecule has 0 saturated carbocycles. The molecule has 1 fully saturated rings. The Morgan fingerprint density at radius 2 is 2.19 bits per heavy atom. The van der Waals surface area contributed by atoms with Gasteiger partial charge in [-0.25, -0.2) is 0 Å². The van der Waals surface area contributed by atoms with E-state index in [1.165, 1.54) is 18.7 Å². The molecular weight excluding hydrogens is 196 g/mol. The van der Waals surface area contributed by atoms with Crippen LogP contribution in [0.1, 0.15) is 33.6 Å². The Morgan fingerprint density at radius 1 is 1.38 bits per heavy atom. The van der Waals surface area contributed by atoms with E-state index in [1.54, 1.807) is 0 Å². The van der Waals surface area contributed by atoms with Gasteiger partial charge >= 0.3 is 0 Å². The van der Waals surface area contributed by atoms with Crippen LogP contribution in [0.2, 0.25) is 0 Å². The number of hydrogen-bond donors (Lipinski definition) is 1. The highest BCUT2D eigenvalue weighted by Crippen LogP contribution is 2.21. The van der Waals surface area contributed by atoms with E-state index < -0.39 is 0 Å². The Bertz CT molecular complexity index is 296. The van der Waals surface area contributed by atoms with Gasteiger partial charge in [0.1, 0.15) is 0 Å². The Morgan fingerprint density at radius 3 is 2.81 bits per heavy atom. The van der Waals surface area contributed by atoms with Crippen LogP contribution < -0.4 is 5.32 Å². The summed E-state index contributed by atoms with van der Waals surface area (Å²) in [7, 11) is 0. The molecule has 1 saturated heterocycles. The maximum Gasteiger partial charge on any atom is 0.0332 e. The van der Waals surface area contributed by atoms with Crippen LogP contribution in [0.4, 0.5) is 0 Å². The molecule has 0 spiro atoms. The average molecular weight is 219 g/mol. The monoisotopic (exact) mass is 219 g/mol. The third kappa shape index (κ3) is 3.11. The first-order chi connectivity index (χ1) is 7.54. The fourth-order valence-electron chi connectivity index (χ4n) is 2.46. The van der Waals surface area contributed by atoms with E-state index >= 15 is 0 Å². The number of rotatable bonds is 2. The van der Waals surface area contributed by atoms with E-state index in [-0.39, 0.29) is 5.54 Å². The van der Waals surface area contributed by atoms with Crippen LogP contribution in [-0.4, -0.2) is 29.6 Å². The highest BCUT2D eigenvalue weighted by molar-refractivity contribution is 5.26. The van der Waals surface area contributed by atoms with Crippen molar-refractivity contribution in [2.24, 2.45) is 0 Å². The molecule has 1 radical (unpaired) electrons. The summed E-state index contributed by atoms with van der Waals surface area (Å²) >= 11 is 0. The van der Waals surface area contributed by atoms with E-state index in [0.717, 1.165) is 13.0 Å². The van der Waals surface area contributed by atoms with Gasteiger partial charge in [0.2, 0.25) is 0 Å². The molecule has 0 amide bonds. The predicted octanol–water partition coefficient (Wildman–Crippen LogP) is 2.50. The van der Waals surface area contributed by atoms with Gasteiger partial charge in [0.25, 0.3) is 0 Å². The van der Waals surface area contributed by atoms with E-state index in [0.29, 0.717) is 6.04 Å². The van der Waals surface area contributed by atoms with Crippen molar-refractivity contribution in [3.63, 3.8) is 0 Å². The van der Waals surface area contributed by atoms with Crippen LogP contribution in [0, 0.1) is 6.42 Å². The molecule has 1 atom stereocenters. The van der Waals surface area contributed by atoms with E-state index in [1.807, 2.05) is 0 Å². The van der Waals surface area contributed by atoms with Crippen molar-refractivity contribution in [2.45, 2.75) is 45.2 Å². The maximum absolute atomic E-state index is 3.69. The molecule has 2 rings (SSSR count). The molecule has 16 heavy (non-hydrogen) atoms. The molecule has 2 nitrogen and oxygen atoms in total. The first kappa shape index (κ1) is 11.7. The normalized spacial score (nSPS) is 26.1. The zero-order valence-electron chi connectivity index (χ0n) is 10.7. The zero-order chi connectivity index (χ0) is 11.6. The minimum absolute atomic E-state index is 0.227. The molecule has 2 aliphatic rings. The second-order valence-electron chi connectivity index (χ2n) is 5.79. The summed E-state index contributed by atoms with van der Waals surface area (Å²) in [6, 6.07) is 0.639. The summed E-state index contributed by atoms with van der Waals surface area (Å²) in [6.45, 7) is 9.05.